The first-order valence-electron chi connectivity index (χ1n) is 8.17. The molecule has 122 valence electrons. The van der Waals surface area contributed by atoms with Crippen molar-refractivity contribution in [2.24, 2.45) is 11.3 Å². The van der Waals surface area contributed by atoms with Crippen molar-refractivity contribution in [2.75, 3.05) is 0 Å². The largest absolute Gasteiger partial charge is 0.294 e. The molecule has 0 saturated carbocycles. The lowest BCUT2D eigenvalue weighted by molar-refractivity contribution is 0.0910. The number of halogens is 1. The van der Waals surface area contributed by atoms with Crippen LogP contribution in [0.4, 0.5) is 0 Å². The van der Waals surface area contributed by atoms with Gasteiger partial charge in [-0.25, -0.2) is 4.68 Å². The third-order valence-electron chi connectivity index (χ3n) is 4.29. The molecule has 1 heterocycles. The Balaban J connectivity index is 2.17. The van der Waals surface area contributed by atoms with Gasteiger partial charge in [0.05, 0.1) is 22.6 Å². The van der Waals surface area contributed by atoms with E-state index in [1.165, 1.54) is 3.57 Å². The van der Waals surface area contributed by atoms with E-state index in [4.69, 9.17) is 5.10 Å². The van der Waals surface area contributed by atoms with Crippen LogP contribution in [0.25, 0.3) is 5.69 Å². The minimum absolute atomic E-state index is 0.000170. The van der Waals surface area contributed by atoms with Crippen molar-refractivity contribution in [3.05, 3.63) is 44.8 Å². The Morgan fingerprint density at radius 3 is 2.48 bits per heavy atom. The summed E-state index contributed by atoms with van der Waals surface area (Å²) < 4.78 is 3.20. The highest BCUT2D eigenvalue weighted by atomic mass is 127. The maximum Gasteiger partial charge on any atom is 0.167 e. The van der Waals surface area contributed by atoms with Crippen LogP contribution in [0.5, 0.6) is 0 Å². The van der Waals surface area contributed by atoms with Gasteiger partial charge in [0, 0.05) is 9.99 Å². The number of rotatable bonds is 3. The van der Waals surface area contributed by atoms with Gasteiger partial charge < -0.3 is 0 Å². The van der Waals surface area contributed by atoms with Crippen molar-refractivity contribution in [1.29, 1.82) is 0 Å². The number of benzene rings is 1. The summed E-state index contributed by atoms with van der Waals surface area (Å²) in [5.74, 6) is 0.741. The van der Waals surface area contributed by atoms with Crippen LogP contribution in [0.2, 0.25) is 0 Å². The van der Waals surface area contributed by atoms with E-state index in [0.29, 0.717) is 12.3 Å². The predicted octanol–water partition coefficient (Wildman–Crippen LogP) is 4.83. The number of nitrogens with zero attached hydrogens (tertiary/aromatic N) is 2. The molecule has 3 rings (SSSR count). The zero-order valence-electron chi connectivity index (χ0n) is 14.2. The Morgan fingerprint density at radius 1 is 1.22 bits per heavy atom. The maximum absolute atomic E-state index is 12.7. The van der Waals surface area contributed by atoms with E-state index in [9.17, 15) is 4.79 Å². The molecule has 0 spiro atoms. The minimum Gasteiger partial charge on any atom is -0.294 e. The molecule has 1 aromatic heterocycles. The quantitative estimate of drug-likeness (QED) is 0.665. The van der Waals surface area contributed by atoms with Gasteiger partial charge in [-0.05, 0) is 71.0 Å². The van der Waals surface area contributed by atoms with Crippen LogP contribution in [-0.4, -0.2) is 15.6 Å². The number of ketones is 1. The monoisotopic (exact) mass is 422 g/mol. The second-order valence-corrected chi connectivity index (χ2v) is 8.94. The first-order chi connectivity index (χ1) is 10.8. The van der Waals surface area contributed by atoms with E-state index in [2.05, 4.69) is 74.6 Å². The summed E-state index contributed by atoms with van der Waals surface area (Å²) in [7, 11) is 0. The highest BCUT2D eigenvalue weighted by Crippen LogP contribution is 2.37. The summed E-state index contributed by atoms with van der Waals surface area (Å²) >= 11 is 2.31. The Morgan fingerprint density at radius 2 is 1.87 bits per heavy atom. The number of Topliss-reactive ketones (excluding diaryl/α,β-unsaturated/α-hetero) is 1. The van der Waals surface area contributed by atoms with Crippen molar-refractivity contribution in [2.45, 2.75) is 47.0 Å². The molecule has 0 radical (unpaired) electrons. The van der Waals surface area contributed by atoms with E-state index in [-0.39, 0.29) is 11.2 Å². The van der Waals surface area contributed by atoms with Crippen LogP contribution in [0, 0.1) is 14.9 Å². The summed E-state index contributed by atoms with van der Waals surface area (Å²) in [6, 6.07) is 8.34. The molecule has 0 N–H and O–H groups in total. The van der Waals surface area contributed by atoms with E-state index in [0.717, 1.165) is 35.5 Å². The highest BCUT2D eigenvalue weighted by Gasteiger charge is 2.36. The fourth-order valence-corrected chi connectivity index (χ4v) is 3.71. The van der Waals surface area contributed by atoms with Gasteiger partial charge in [0.1, 0.15) is 0 Å². The summed E-state index contributed by atoms with van der Waals surface area (Å²) in [4.78, 5) is 12.7. The number of hydrogen-bond acceptors (Lipinski definition) is 2. The SMILES string of the molecule is CC(C)Cc1nn(-c2ccc(I)cc2)c2c1C(=O)CC(C)(C)C2. The topological polar surface area (TPSA) is 34.9 Å². The molecule has 1 aromatic carbocycles. The Hall–Kier alpha value is -1.17. The normalized spacial score (nSPS) is 16.7. The maximum atomic E-state index is 12.7. The molecule has 0 fully saturated rings. The van der Waals surface area contributed by atoms with Crippen LogP contribution in [0.1, 0.15) is 55.9 Å². The fourth-order valence-electron chi connectivity index (χ4n) is 3.35. The van der Waals surface area contributed by atoms with Gasteiger partial charge in [-0.2, -0.15) is 5.10 Å². The number of aromatic nitrogens is 2. The average molecular weight is 422 g/mol. The summed E-state index contributed by atoms with van der Waals surface area (Å²) in [6.07, 6.45) is 2.36. The van der Waals surface area contributed by atoms with Crippen LogP contribution < -0.4 is 0 Å². The molecular weight excluding hydrogens is 399 g/mol. The lowest BCUT2D eigenvalue weighted by atomic mass is 9.75. The molecule has 0 unspecified atom stereocenters. The zero-order valence-corrected chi connectivity index (χ0v) is 16.3. The summed E-state index contributed by atoms with van der Waals surface area (Å²) in [6.45, 7) is 8.68. The van der Waals surface area contributed by atoms with E-state index < -0.39 is 0 Å². The molecule has 0 atom stereocenters. The van der Waals surface area contributed by atoms with Gasteiger partial charge >= 0.3 is 0 Å². The Kier molecular flexibility index (Phi) is 4.38. The van der Waals surface area contributed by atoms with Crippen LogP contribution in [0.15, 0.2) is 24.3 Å². The second-order valence-electron chi connectivity index (χ2n) is 7.70. The van der Waals surface area contributed by atoms with Crippen LogP contribution in [-0.2, 0) is 12.8 Å². The number of fused-ring (bicyclic) bond motifs is 1. The first-order valence-corrected chi connectivity index (χ1v) is 9.24. The molecule has 2 aromatic rings. The zero-order chi connectivity index (χ0) is 16.8. The van der Waals surface area contributed by atoms with Crippen molar-refractivity contribution in [1.82, 2.24) is 9.78 Å². The van der Waals surface area contributed by atoms with Gasteiger partial charge in [0.2, 0.25) is 0 Å². The molecule has 23 heavy (non-hydrogen) atoms. The van der Waals surface area contributed by atoms with Gasteiger partial charge in [-0.1, -0.05) is 27.7 Å². The van der Waals surface area contributed by atoms with E-state index in [1.807, 2.05) is 4.68 Å². The smallest absolute Gasteiger partial charge is 0.167 e. The second kappa shape index (κ2) is 6.04. The van der Waals surface area contributed by atoms with E-state index >= 15 is 0 Å². The number of carbonyl (C=O) groups excluding carboxylic acids is 1. The summed E-state index contributed by atoms with van der Waals surface area (Å²) in [5.41, 5.74) is 3.98. The third-order valence-corrected chi connectivity index (χ3v) is 5.01. The third kappa shape index (κ3) is 3.37. The molecule has 4 heteroatoms. The molecule has 3 nitrogen and oxygen atoms in total. The molecule has 0 amide bonds. The Labute approximate surface area is 151 Å². The van der Waals surface area contributed by atoms with Crippen molar-refractivity contribution in [3.63, 3.8) is 0 Å². The van der Waals surface area contributed by atoms with Crippen LogP contribution >= 0.6 is 22.6 Å². The predicted molar refractivity (Wildman–Crippen MR) is 101 cm³/mol. The van der Waals surface area contributed by atoms with Crippen molar-refractivity contribution in [3.8, 4) is 5.69 Å². The van der Waals surface area contributed by atoms with Gasteiger partial charge in [-0.15, -0.1) is 0 Å². The average Bonchev–Trinajstić information content (AvgIpc) is 2.76. The lowest BCUT2D eigenvalue weighted by Gasteiger charge is -2.29. The standard InChI is InChI=1S/C19H23IN2O/c1-12(2)9-15-18-16(10-19(3,4)11-17(18)23)22(21-15)14-7-5-13(20)6-8-14/h5-8,12H,9-11H2,1-4H3. The van der Waals surface area contributed by atoms with Crippen LogP contribution in [0.3, 0.4) is 0 Å². The molecule has 1 aliphatic rings. The number of hydrogen-bond donors (Lipinski definition) is 0. The lowest BCUT2D eigenvalue weighted by Crippen LogP contribution is -2.28. The van der Waals surface area contributed by atoms with Gasteiger partial charge in [0.15, 0.2) is 5.78 Å². The van der Waals surface area contributed by atoms with Crippen molar-refractivity contribution < 1.29 is 4.79 Å². The number of carbonyl (C=O) groups is 1. The molecule has 0 aliphatic heterocycles. The molecule has 0 bridgehead atoms. The first kappa shape index (κ1) is 16.7. The van der Waals surface area contributed by atoms with E-state index in [1.54, 1.807) is 0 Å². The van der Waals surface area contributed by atoms with Crippen molar-refractivity contribution >= 4 is 28.4 Å². The Bertz CT molecular complexity index is 741. The van der Waals surface area contributed by atoms with Gasteiger partial charge in [-0.3, -0.25) is 4.79 Å². The summed E-state index contributed by atoms with van der Waals surface area (Å²) in [5, 5.41) is 4.84. The molecular formula is C19H23IN2O. The fraction of sp³-hybridized carbons (Fsp3) is 0.474. The minimum atomic E-state index is 0.000170. The highest BCUT2D eigenvalue weighted by molar-refractivity contribution is 14.1. The molecule has 0 saturated heterocycles. The molecule has 1 aliphatic carbocycles. The van der Waals surface area contributed by atoms with Gasteiger partial charge in [0.25, 0.3) is 0 Å².